The van der Waals surface area contributed by atoms with Crippen molar-refractivity contribution in [3.8, 4) is 0 Å². The van der Waals surface area contributed by atoms with E-state index in [1.807, 2.05) is 26.8 Å². The molecule has 4 N–H and O–H groups in total. The van der Waals surface area contributed by atoms with Gasteiger partial charge in [-0.05, 0) is 184 Å². The van der Waals surface area contributed by atoms with Crippen molar-refractivity contribution in [1.82, 2.24) is 0 Å². The standard InChI is InChI=1S/C31H48O6.C23H32O6.Na/c1-17(2)9-8-10-20(28(35)36)26-22-15-24(34)27-29(5)13-12-23(33)18(3)21(29)11-14-30(27,6)31(22,7)16-25(26)37-19(4)32;1-13(24)29-12-19(27)23(28)9-7-17-16-5-4-14-10-15(25)6-8-21(14,2)20(16)18(26)11-22(17,23)3;/h9,18,21-25,27,33-34H,8,10-16H2,1-7H3,(H,35,36);10,16-18,20,26,28H,4-9,11-12H2,1-3H3;/q;;+1/p-1/b26-20-;;/t18-,21-,22-,23+,24+,25-,27-,29-,30-,31-;16-,17-,18-,20+,21-,22-,23-;/m00./s1. The van der Waals surface area contributed by atoms with E-state index in [9.17, 15) is 49.5 Å². The van der Waals surface area contributed by atoms with Crippen LogP contribution in [0.5, 0.6) is 0 Å². The molecule has 8 aliphatic rings. The zero-order valence-electron chi connectivity index (χ0n) is 42.4. The maximum Gasteiger partial charge on any atom is 1.00 e. The number of ether oxygens (including phenoxy) is 2. The van der Waals surface area contributed by atoms with Crippen molar-refractivity contribution >= 4 is 29.5 Å². The minimum absolute atomic E-state index is 0. The molecule has 7 fully saturated rings. The van der Waals surface area contributed by atoms with Gasteiger partial charge in [-0.15, -0.1) is 0 Å². The van der Waals surface area contributed by atoms with E-state index in [0.29, 0.717) is 56.4 Å². The molecule has 17 atom stereocenters. The molecule has 368 valence electrons. The van der Waals surface area contributed by atoms with Crippen LogP contribution in [0.2, 0.25) is 0 Å². The van der Waals surface area contributed by atoms with Crippen molar-refractivity contribution in [3.05, 3.63) is 34.4 Å². The summed E-state index contributed by atoms with van der Waals surface area (Å²) in [5.74, 6) is -1.72. The SMILES string of the molecule is CC(=O)OCC(=O)[C@@]1(O)CC[C@H]2[C@@H]3CCC4=CC(=O)CC[C@]4(C)[C@H]3[C@@H](O)C[C@@]21C.CC(=O)O[C@H]1C[C@@]2(C)[C@@H](C[C@@H](O)[C@H]3[C@@]4(C)CC[C@@H](O)[C@@H](C)[C@@H]4CC[C@@]32C)/C1=C(\CCC=C(C)C)C(=O)[O-].[Na+]. The molecule has 0 radical (unpaired) electrons. The monoisotopic (exact) mass is 943 g/mol. The number of rotatable bonds is 8. The van der Waals surface area contributed by atoms with Gasteiger partial charge >= 0.3 is 41.5 Å². The Morgan fingerprint density at radius 1 is 0.806 bits per heavy atom. The molecule has 13 heteroatoms. The molecular weight excluding hydrogens is 864 g/mol. The van der Waals surface area contributed by atoms with Crippen LogP contribution in [0.25, 0.3) is 0 Å². The smallest absolute Gasteiger partial charge is 0.545 e. The van der Waals surface area contributed by atoms with Gasteiger partial charge in [0.15, 0.2) is 12.4 Å². The van der Waals surface area contributed by atoms with E-state index in [-0.39, 0.29) is 104 Å². The van der Waals surface area contributed by atoms with Gasteiger partial charge in [-0.25, -0.2) is 0 Å². The number of hydrogen-bond donors (Lipinski definition) is 4. The number of aliphatic carboxylic acids is 1. The Morgan fingerprint density at radius 2 is 1.48 bits per heavy atom. The van der Waals surface area contributed by atoms with E-state index >= 15 is 0 Å². The van der Waals surface area contributed by atoms with Crippen LogP contribution in [0.3, 0.4) is 0 Å². The van der Waals surface area contributed by atoms with Crippen molar-refractivity contribution in [2.75, 3.05) is 6.61 Å². The summed E-state index contributed by atoms with van der Waals surface area (Å²) in [6, 6.07) is 0. The molecule has 0 heterocycles. The number of carboxylic acid groups (broad SMARTS) is 1. The Balaban J connectivity index is 0.000000224. The first-order chi connectivity index (χ1) is 30.7. The summed E-state index contributed by atoms with van der Waals surface area (Å²) in [5.41, 5.74) is -0.0440. The van der Waals surface area contributed by atoms with E-state index in [0.717, 1.165) is 62.5 Å². The van der Waals surface area contributed by atoms with E-state index < -0.39 is 59.6 Å². The molecule has 0 aliphatic heterocycles. The van der Waals surface area contributed by atoms with Crippen molar-refractivity contribution in [3.63, 3.8) is 0 Å². The van der Waals surface area contributed by atoms with Crippen LogP contribution in [-0.4, -0.2) is 86.5 Å². The Morgan fingerprint density at radius 3 is 2.10 bits per heavy atom. The Kier molecular flexibility index (Phi) is 15.7. The molecule has 0 amide bonds. The van der Waals surface area contributed by atoms with Gasteiger partial charge in [0.05, 0.1) is 24.3 Å². The summed E-state index contributed by atoms with van der Waals surface area (Å²) in [6.45, 7) is 19.3. The number of esters is 2. The number of fused-ring (bicyclic) bond motifs is 10. The summed E-state index contributed by atoms with van der Waals surface area (Å²) in [4.78, 5) is 60.7. The molecule has 7 saturated carbocycles. The fourth-order valence-corrected chi connectivity index (χ4v) is 17.2. The zero-order chi connectivity index (χ0) is 48.7. The van der Waals surface area contributed by atoms with E-state index in [4.69, 9.17) is 9.47 Å². The molecule has 0 saturated heterocycles. The van der Waals surface area contributed by atoms with Crippen LogP contribution < -0.4 is 34.7 Å². The summed E-state index contributed by atoms with van der Waals surface area (Å²) < 4.78 is 10.7. The maximum absolute atomic E-state index is 12.9. The van der Waals surface area contributed by atoms with Crippen LogP contribution >= 0.6 is 0 Å². The number of carbonyl (C=O) groups excluding carboxylic acids is 5. The van der Waals surface area contributed by atoms with Gasteiger partial charge in [0.1, 0.15) is 11.7 Å². The van der Waals surface area contributed by atoms with E-state index in [1.165, 1.54) is 13.8 Å². The van der Waals surface area contributed by atoms with Gasteiger partial charge in [-0.3, -0.25) is 19.2 Å². The largest absolute Gasteiger partial charge is 1.00 e. The minimum atomic E-state index is -1.58. The second-order valence-electron chi connectivity index (χ2n) is 23.8. The number of hydrogen-bond acceptors (Lipinski definition) is 12. The van der Waals surface area contributed by atoms with Gasteiger partial charge in [0.25, 0.3) is 0 Å². The number of carbonyl (C=O) groups is 5. The number of ketones is 2. The average molecular weight is 943 g/mol. The molecule has 8 aliphatic carbocycles. The van der Waals surface area contributed by atoms with Gasteiger partial charge in [-0.1, -0.05) is 58.8 Å². The minimum Gasteiger partial charge on any atom is -0.545 e. The second kappa shape index (κ2) is 19.4. The summed E-state index contributed by atoms with van der Waals surface area (Å²) in [7, 11) is 0. The van der Waals surface area contributed by atoms with Gasteiger partial charge in [0.2, 0.25) is 5.78 Å². The first-order valence-electron chi connectivity index (χ1n) is 25.1. The Labute approximate surface area is 420 Å². The fourth-order valence-electron chi connectivity index (χ4n) is 17.2. The maximum atomic E-state index is 12.9. The fraction of sp³-hybridized carbons (Fsp3) is 0.796. The summed E-state index contributed by atoms with van der Waals surface area (Å²) in [6.07, 6.45) is 11.5. The van der Waals surface area contributed by atoms with E-state index in [2.05, 4.69) is 34.6 Å². The predicted octanol–water partition coefficient (Wildman–Crippen LogP) is 3.69. The quantitative estimate of drug-likeness (QED) is 0.119. The van der Waals surface area contributed by atoms with E-state index in [1.54, 1.807) is 6.08 Å². The van der Waals surface area contributed by atoms with Gasteiger partial charge in [0, 0.05) is 25.7 Å². The number of carboxylic acids is 1. The summed E-state index contributed by atoms with van der Waals surface area (Å²) in [5, 5.41) is 57.8. The predicted molar refractivity (Wildman–Crippen MR) is 245 cm³/mol. The molecule has 0 spiro atoms. The van der Waals surface area contributed by atoms with Crippen LogP contribution in [0.15, 0.2) is 34.4 Å². The Hall–Kier alpha value is -2.19. The Bertz CT molecular complexity index is 2070. The first-order valence-corrected chi connectivity index (χ1v) is 25.1. The van der Waals surface area contributed by atoms with Gasteiger partial charge < -0.3 is 39.8 Å². The first kappa shape index (κ1) is 54.1. The number of aliphatic hydroxyl groups is 4. The third kappa shape index (κ3) is 8.87. The van der Waals surface area contributed by atoms with Crippen molar-refractivity contribution in [1.29, 1.82) is 0 Å². The third-order valence-electron chi connectivity index (χ3n) is 20.5. The topological polar surface area (TPSA) is 208 Å². The normalized spacial score (nSPS) is 45.6. The molecule has 0 aromatic rings. The van der Waals surface area contributed by atoms with Crippen LogP contribution in [0, 0.1) is 68.5 Å². The van der Waals surface area contributed by atoms with Crippen molar-refractivity contribution in [2.24, 2.45) is 68.5 Å². The van der Waals surface area contributed by atoms with Crippen LogP contribution in [0.4, 0.5) is 0 Å². The second-order valence-corrected chi connectivity index (χ2v) is 23.8. The molecule has 0 aromatic heterocycles. The molecule has 12 nitrogen and oxygen atoms in total. The summed E-state index contributed by atoms with van der Waals surface area (Å²) >= 11 is 0. The molecule has 8 rings (SSSR count). The van der Waals surface area contributed by atoms with Gasteiger partial charge in [-0.2, -0.15) is 0 Å². The van der Waals surface area contributed by atoms with Crippen molar-refractivity contribution < 1.29 is 88.5 Å². The zero-order valence-corrected chi connectivity index (χ0v) is 44.4. The van der Waals surface area contributed by atoms with Crippen LogP contribution in [-0.2, 0) is 33.4 Å². The number of aliphatic hydroxyl groups excluding tert-OH is 3. The molecule has 0 unspecified atom stereocenters. The molecule has 0 aromatic carbocycles. The number of allylic oxidation sites excluding steroid dienone is 3. The third-order valence-corrected chi connectivity index (χ3v) is 20.5. The molecule has 0 bridgehead atoms. The average Bonchev–Trinajstić information content (AvgIpc) is 3.65. The molecular formula is C54H79NaO12. The van der Waals surface area contributed by atoms with Crippen molar-refractivity contribution in [2.45, 2.75) is 196 Å². The molecule has 67 heavy (non-hydrogen) atoms. The number of Topliss-reactive ketones (excluding diaryl/α,β-unsaturated/α-hetero) is 1. The van der Waals surface area contributed by atoms with Crippen LogP contribution in [0.1, 0.15) is 166 Å².